The minimum absolute atomic E-state index is 0.255. The minimum atomic E-state index is -0.255. The minimum Gasteiger partial charge on any atom is -0.385 e. The predicted octanol–water partition coefficient (Wildman–Crippen LogP) is 2.91. The van der Waals surface area contributed by atoms with Gasteiger partial charge in [0.1, 0.15) is 0 Å². The molecule has 2 heterocycles. The topological polar surface area (TPSA) is 60.5 Å². The van der Waals surface area contributed by atoms with Gasteiger partial charge < -0.3 is 15.0 Å². The van der Waals surface area contributed by atoms with Crippen molar-refractivity contribution >= 4 is 16.8 Å². The molecule has 1 aromatic carbocycles. The number of carbonyl (C=O) groups is 1. The zero-order valence-corrected chi connectivity index (χ0v) is 15.1. The molecule has 1 saturated heterocycles. The first-order valence-electron chi connectivity index (χ1n) is 9.27. The van der Waals surface area contributed by atoms with Gasteiger partial charge in [0.15, 0.2) is 0 Å². The number of para-hydroxylation sites is 1. The molecule has 0 saturated carbocycles. The first-order chi connectivity index (χ1) is 12.2. The zero-order valence-electron chi connectivity index (χ0n) is 15.1. The maximum absolute atomic E-state index is 11.2. The molecule has 5 heteroatoms. The summed E-state index contributed by atoms with van der Waals surface area (Å²) in [6.07, 6.45) is 7.50. The fraction of sp³-hybridized carbons (Fsp3) is 0.550. The lowest BCUT2D eigenvalue weighted by Gasteiger charge is -2.35. The first kappa shape index (κ1) is 18.0. The number of benzene rings is 1. The van der Waals surface area contributed by atoms with Crippen LogP contribution in [0.1, 0.15) is 37.7 Å². The Morgan fingerprint density at radius 3 is 2.96 bits per heavy atom. The van der Waals surface area contributed by atoms with Crippen LogP contribution in [0.2, 0.25) is 0 Å². The molecule has 2 N–H and O–H groups in total. The van der Waals surface area contributed by atoms with Crippen LogP contribution in [0.15, 0.2) is 30.5 Å². The Morgan fingerprint density at radius 2 is 2.16 bits per heavy atom. The number of primary amides is 1. The lowest BCUT2D eigenvalue weighted by molar-refractivity contribution is -0.118. The molecule has 1 amide bonds. The molecule has 1 aliphatic rings. The van der Waals surface area contributed by atoms with Crippen LogP contribution < -0.4 is 5.73 Å². The quantitative estimate of drug-likeness (QED) is 0.802. The number of nitrogens with two attached hydrogens (primary N) is 1. The zero-order chi connectivity index (χ0) is 17.6. The van der Waals surface area contributed by atoms with Gasteiger partial charge in [-0.3, -0.25) is 9.69 Å². The molecule has 25 heavy (non-hydrogen) atoms. The van der Waals surface area contributed by atoms with Gasteiger partial charge in [0.25, 0.3) is 0 Å². The van der Waals surface area contributed by atoms with Crippen LogP contribution in [-0.2, 0) is 22.6 Å². The van der Waals surface area contributed by atoms with Crippen molar-refractivity contribution in [2.75, 3.05) is 20.3 Å². The van der Waals surface area contributed by atoms with Crippen LogP contribution in [0.3, 0.4) is 0 Å². The van der Waals surface area contributed by atoms with Crippen LogP contribution in [0.4, 0.5) is 0 Å². The maximum atomic E-state index is 11.2. The highest BCUT2D eigenvalue weighted by molar-refractivity contribution is 5.84. The van der Waals surface area contributed by atoms with E-state index in [2.05, 4.69) is 39.9 Å². The third-order valence-electron chi connectivity index (χ3n) is 5.25. The van der Waals surface area contributed by atoms with Crippen LogP contribution in [0, 0.1) is 0 Å². The standard InChI is InChI=1S/C20H29N3O2/c1-25-13-10-17-6-4-5-11-22(17)14-16-15-23(12-9-20(21)24)19-8-3-2-7-18(16)19/h2-3,7-8,15,17H,4-6,9-14H2,1H3,(H2,21,24)/t17-/m0/s1. The number of amides is 1. The van der Waals surface area contributed by atoms with Crippen molar-refractivity contribution in [1.82, 2.24) is 9.47 Å². The second-order valence-electron chi connectivity index (χ2n) is 6.98. The highest BCUT2D eigenvalue weighted by Gasteiger charge is 2.23. The average Bonchev–Trinajstić information content (AvgIpc) is 2.97. The molecule has 1 fully saturated rings. The Hall–Kier alpha value is -1.85. The van der Waals surface area contributed by atoms with Gasteiger partial charge in [0.05, 0.1) is 0 Å². The predicted molar refractivity (Wildman–Crippen MR) is 100 cm³/mol. The van der Waals surface area contributed by atoms with Gasteiger partial charge >= 0.3 is 0 Å². The van der Waals surface area contributed by atoms with E-state index in [0.717, 1.165) is 26.1 Å². The summed E-state index contributed by atoms with van der Waals surface area (Å²) >= 11 is 0. The molecule has 2 aromatic rings. The SMILES string of the molecule is COCC[C@@H]1CCCCN1Cc1cn(CCC(N)=O)c2ccccc12. The number of piperidine rings is 1. The van der Waals surface area contributed by atoms with Gasteiger partial charge in [-0.05, 0) is 37.4 Å². The summed E-state index contributed by atoms with van der Waals surface area (Å²) in [5.41, 5.74) is 7.85. The second-order valence-corrected chi connectivity index (χ2v) is 6.98. The average molecular weight is 343 g/mol. The number of rotatable bonds is 8. The molecule has 0 unspecified atom stereocenters. The number of methoxy groups -OCH3 is 1. The summed E-state index contributed by atoms with van der Waals surface area (Å²) in [6, 6.07) is 9.04. The Balaban J connectivity index is 1.81. The Morgan fingerprint density at radius 1 is 1.32 bits per heavy atom. The molecule has 136 valence electrons. The van der Waals surface area contributed by atoms with Crippen molar-refractivity contribution in [2.45, 2.75) is 51.2 Å². The maximum Gasteiger partial charge on any atom is 0.219 e. The highest BCUT2D eigenvalue weighted by Crippen LogP contribution is 2.27. The number of aryl methyl sites for hydroxylation is 1. The lowest BCUT2D eigenvalue weighted by atomic mass is 9.98. The van der Waals surface area contributed by atoms with Crippen molar-refractivity contribution < 1.29 is 9.53 Å². The molecular weight excluding hydrogens is 314 g/mol. The smallest absolute Gasteiger partial charge is 0.219 e. The molecule has 5 nitrogen and oxygen atoms in total. The van der Waals surface area contributed by atoms with Crippen LogP contribution in [-0.4, -0.2) is 41.7 Å². The molecule has 1 aliphatic heterocycles. The Bertz CT molecular complexity index is 710. The monoisotopic (exact) mass is 343 g/mol. The summed E-state index contributed by atoms with van der Waals surface area (Å²) in [4.78, 5) is 13.8. The van der Waals surface area contributed by atoms with Crippen molar-refractivity contribution in [3.8, 4) is 0 Å². The van der Waals surface area contributed by atoms with E-state index in [1.165, 1.54) is 35.7 Å². The number of ether oxygens (including phenoxy) is 1. The van der Waals surface area contributed by atoms with Crippen LogP contribution >= 0.6 is 0 Å². The second kappa shape index (κ2) is 8.50. The fourth-order valence-corrected chi connectivity index (χ4v) is 3.93. The van der Waals surface area contributed by atoms with Crippen LogP contribution in [0.5, 0.6) is 0 Å². The van der Waals surface area contributed by atoms with Gasteiger partial charge in [-0.25, -0.2) is 0 Å². The molecule has 3 rings (SSSR count). The number of nitrogens with zero attached hydrogens (tertiary/aromatic N) is 2. The van der Waals surface area contributed by atoms with Crippen molar-refractivity contribution in [1.29, 1.82) is 0 Å². The first-order valence-corrected chi connectivity index (χ1v) is 9.27. The van der Waals surface area contributed by atoms with E-state index in [-0.39, 0.29) is 5.91 Å². The summed E-state index contributed by atoms with van der Waals surface area (Å²) in [5.74, 6) is -0.255. The Kier molecular flexibility index (Phi) is 6.10. The summed E-state index contributed by atoms with van der Waals surface area (Å²) in [5, 5.41) is 1.28. The molecule has 0 aliphatic carbocycles. The van der Waals surface area contributed by atoms with Gasteiger partial charge in [-0.1, -0.05) is 24.6 Å². The van der Waals surface area contributed by atoms with Gasteiger partial charge in [-0.2, -0.15) is 0 Å². The summed E-state index contributed by atoms with van der Waals surface area (Å²) in [7, 11) is 1.78. The van der Waals surface area contributed by atoms with Crippen molar-refractivity contribution in [2.24, 2.45) is 5.73 Å². The van der Waals surface area contributed by atoms with Crippen LogP contribution in [0.25, 0.3) is 10.9 Å². The van der Waals surface area contributed by atoms with E-state index >= 15 is 0 Å². The van der Waals surface area contributed by atoms with Crippen molar-refractivity contribution in [3.63, 3.8) is 0 Å². The molecule has 1 atom stereocenters. The van der Waals surface area contributed by atoms with Gasteiger partial charge in [-0.15, -0.1) is 0 Å². The van der Waals surface area contributed by atoms with Gasteiger partial charge in [0, 0.05) is 56.4 Å². The van der Waals surface area contributed by atoms with Gasteiger partial charge in [0.2, 0.25) is 5.91 Å². The number of hydrogen-bond donors (Lipinski definition) is 1. The number of aromatic nitrogens is 1. The number of likely N-dealkylation sites (tertiary alicyclic amines) is 1. The summed E-state index contributed by atoms with van der Waals surface area (Å²) < 4.78 is 7.47. The number of carbonyl (C=O) groups excluding carboxylic acids is 1. The van der Waals surface area contributed by atoms with Crippen molar-refractivity contribution in [3.05, 3.63) is 36.0 Å². The van der Waals surface area contributed by atoms with E-state index in [4.69, 9.17) is 10.5 Å². The molecule has 0 spiro atoms. The highest BCUT2D eigenvalue weighted by atomic mass is 16.5. The third kappa shape index (κ3) is 4.41. The Labute approximate surface area is 149 Å². The van der Waals surface area contributed by atoms with E-state index < -0.39 is 0 Å². The number of hydrogen-bond acceptors (Lipinski definition) is 3. The third-order valence-corrected chi connectivity index (χ3v) is 5.25. The normalized spacial score (nSPS) is 18.7. The lowest BCUT2D eigenvalue weighted by Crippen LogP contribution is -2.39. The van der Waals surface area contributed by atoms with E-state index in [0.29, 0.717) is 19.0 Å². The van der Waals surface area contributed by atoms with E-state index in [1.54, 1.807) is 7.11 Å². The largest absolute Gasteiger partial charge is 0.385 e. The van der Waals surface area contributed by atoms with E-state index in [9.17, 15) is 4.79 Å². The molecule has 0 bridgehead atoms. The fourth-order valence-electron chi connectivity index (χ4n) is 3.93. The summed E-state index contributed by atoms with van der Waals surface area (Å²) in [6.45, 7) is 3.57. The molecular formula is C20H29N3O2. The molecule has 0 radical (unpaired) electrons. The van der Waals surface area contributed by atoms with E-state index in [1.807, 2.05) is 0 Å². The number of fused-ring (bicyclic) bond motifs is 1. The molecule has 1 aromatic heterocycles.